The number of methoxy groups -OCH3 is 2. The van der Waals surface area contributed by atoms with Gasteiger partial charge in [0.1, 0.15) is 23.8 Å². The van der Waals surface area contributed by atoms with E-state index in [-0.39, 0.29) is 43.3 Å². The van der Waals surface area contributed by atoms with Crippen LogP contribution in [0.15, 0.2) is 31.3 Å². The Labute approximate surface area is 162 Å². The van der Waals surface area contributed by atoms with Crippen LogP contribution in [0.5, 0.6) is 0 Å². The fourth-order valence-corrected chi connectivity index (χ4v) is 2.90. The summed E-state index contributed by atoms with van der Waals surface area (Å²) in [5.74, 6) is 0. The van der Waals surface area contributed by atoms with Gasteiger partial charge < -0.3 is 9.47 Å². The van der Waals surface area contributed by atoms with E-state index < -0.39 is 22.5 Å². The molecular weight excluding hydrogens is 403 g/mol. The fourth-order valence-electron chi connectivity index (χ4n) is 2.47. The first kappa shape index (κ1) is 21.2. The Morgan fingerprint density at radius 2 is 1.11 bits per heavy atom. The van der Waals surface area contributed by atoms with Crippen LogP contribution in [-0.4, -0.2) is 32.5 Å². The molecule has 0 aliphatic heterocycles. The van der Waals surface area contributed by atoms with E-state index in [0.29, 0.717) is 0 Å². The zero-order valence-electron chi connectivity index (χ0n) is 14.7. The molecule has 2 aromatic heterocycles. The van der Waals surface area contributed by atoms with Crippen molar-refractivity contribution in [3.8, 4) is 0 Å². The van der Waals surface area contributed by atoms with Crippen LogP contribution in [0, 0.1) is 0 Å². The minimum Gasteiger partial charge on any atom is -0.364 e. The normalized spacial score (nSPS) is 11.1. The predicted molar refractivity (Wildman–Crippen MR) is 98.6 cm³/mol. The van der Waals surface area contributed by atoms with Gasteiger partial charge in [-0.1, -0.05) is 23.2 Å². The standard InChI is InChI=1S/C15H18Cl2N4O6/c1-26-8-20-10(16)6-12(22)18(14(20)24)4-3-5-19-13(23)7-11(17)21(9-27-2)15(19)25/h6-7H,3-5,8-9H2,1-2H3. The molecule has 0 amide bonds. The fraction of sp³-hybridized carbons (Fsp3) is 0.467. The Kier molecular flexibility index (Phi) is 7.19. The Morgan fingerprint density at radius 1 is 0.741 bits per heavy atom. The van der Waals surface area contributed by atoms with Crippen LogP contribution in [0.3, 0.4) is 0 Å². The molecule has 0 fully saturated rings. The number of nitrogens with zero attached hydrogens (tertiary/aromatic N) is 4. The minimum absolute atomic E-state index is 0.0165. The van der Waals surface area contributed by atoms with Gasteiger partial charge >= 0.3 is 11.4 Å². The highest BCUT2D eigenvalue weighted by atomic mass is 35.5. The number of ether oxygens (including phenoxy) is 2. The third-order valence-electron chi connectivity index (χ3n) is 3.74. The van der Waals surface area contributed by atoms with E-state index in [1.54, 1.807) is 0 Å². The lowest BCUT2D eigenvalue weighted by Crippen LogP contribution is -2.42. The second kappa shape index (κ2) is 9.18. The molecule has 0 unspecified atom stereocenters. The summed E-state index contributed by atoms with van der Waals surface area (Å²) in [6, 6.07) is 2.20. The SMILES string of the molecule is COCn1c(Cl)cc(=O)n(CCCn2c(=O)cc(Cl)n(COC)c2=O)c1=O. The maximum absolute atomic E-state index is 12.4. The van der Waals surface area contributed by atoms with E-state index in [2.05, 4.69) is 0 Å². The summed E-state index contributed by atoms with van der Waals surface area (Å²) in [4.78, 5) is 48.8. The summed E-state index contributed by atoms with van der Waals surface area (Å²) < 4.78 is 13.9. The van der Waals surface area contributed by atoms with E-state index in [1.165, 1.54) is 14.2 Å². The summed E-state index contributed by atoms with van der Waals surface area (Å²) in [5, 5.41) is -0.0843. The summed E-state index contributed by atoms with van der Waals surface area (Å²) in [5.41, 5.74) is -2.46. The van der Waals surface area contributed by atoms with Crippen LogP contribution >= 0.6 is 23.2 Å². The Bertz CT molecular complexity index is 969. The van der Waals surface area contributed by atoms with E-state index in [9.17, 15) is 19.2 Å². The van der Waals surface area contributed by atoms with Crippen LogP contribution in [0.4, 0.5) is 0 Å². The first-order valence-electron chi connectivity index (χ1n) is 7.80. The quantitative estimate of drug-likeness (QED) is 0.553. The van der Waals surface area contributed by atoms with Gasteiger partial charge in [-0.3, -0.25) is 27.9 Å². The minimum atomic E-state index is -0.644. The highest BCUT2D eigenvalue weighted by Crippen LogP contribution is 2.03. The largest absolute Gasteiger partial charge is 0.364 e. The summed E-state index contributed by atoms with van der Waals surface area (Å²) in [6.45, 7) is -0.263. The van der Waals surface area contributed by atoms with E-state index in [4.69, 9.17) is 32.7 Å². The molecule has 148 valence electrons. The van der Waals surface area contributed by atoms with Crippen molar-refractivity contribution in [3.05, 3.63) is 64.1 Å². The van der Waals surface area contributed by atoms with Gasteiger partial charge in [0.2, 0.25) is 0 Å². The van der Waals surface area contributed by atoms with Crippen LogP contribution < -0.4 is 22.5 Å². The van der Waals surface area contributed by atoms with E-state index in [1.807, 2.05) is 0 Å². The molecule has 0 saturated heterocycles. The van der Waals surface area contributed by atoms with Gasteiger partial charge in [-0.15, -0.1) is 0 Å². The van der Waals surface area contributed by atoms with Crippen molar-refractivity contribution < 1.29 is 9.47 Å². The van der Waals surface area contributed by atoms with Gasteiger partial charge in [-0.25, -0.2) is 9.59 Å². The molecule has 0 spiro atoms. The maximum Gasteiger partial charge on any atom is 0.334 e. The van der Waals surface area contributed by atoms with E-state index in [0.717, 1.165) is 30.4 Å². The maximum atomic E-state index is 12.4. The van der Waals surface area contributed by atoms with E-state index >= 15 is 0 Å². The summed E-state index contributed by atoms with van der Waals surface area (Å²) >= 11 is 11.7. The lowest BCUT2D eigenvalue weighted by molar-refractivity contribution is 0.125. The molecule has 0 atom stereocenters. The third kappa shape index (κ3) is 4.59. The van der Waals surface area contributed by atoms with Gasteiger partial charge in [0.05, 0.1) is 0 Å². The molecule has 0 N–H and O–H groups in total. The molecule has 0 bridgehead atoms. The van der Waals surface area contributed by atoms with Crippen molar-refractivity contribution in [3.63, 3.8) is 0 Å². The average Bonchev–Trinajstić information content (AvgIpc) is 2.60. The van der Waals surface area contributed by atoms with Crippen LogP contribution in [0.2, 0.25) is 10.3 Å². The van der Waals surface area contributed by atoms with Gasteiger partial charge in [0.25, 0.3) is 11.1 Å². The number of hydrogen-bond acceptors (Lipinski definition) is 6. The van der Waals surface area contributed by atoms with Crippen molar-refractivity contribution in [1.29, 1.82) is 0 Å². The Hall–Kier alpha value is -2.14. The first-order chi connectivity index (χ1) is 12.8. The molecule has 2 aromatic rings. The molecular formula is C15H18Cl2N4O6. The van der Waals surface area contributed by atoms with Crippen LogP contribution in [0.1, 0.15) is 6.42 Å². The summed E-state index contributed by atoms with van der Waals surface area (Å²) in [6.07, 6.45) is 0.174. The van der Waals surface area contributed by atoms with Gasteiger partial charge in [0, 0.05) is 39.4 Å². The number of hydrogen-bond donors (Lipinski definition) is 0. The van der Waals surface area contributed by atoms with Crippen molar-refractivity contribution in [2.45, 2.75) is 33.0 Å². The lowest BCUT2D eigenvalue weighted by Gasteiger charge is -2.13. The molecule has 2 rings (SSSR count). The molecule has 27 heavy (non-hydrogen) atoms. The smallest absolute Gasteiger partial charge is 0.334 e. The zero-order chi connectivity index (χ0) is 20.1. The van der Waals surface area contributed by atoms with Crippen molar-refractivity contribution in [2.75, 3.05) is 14.2 Å². The Morgan fingerprint density at radius 3 is 1.44 bits per heavy atom. The van der Waals surface area contributed by atoms with Gasteiger partial charge in [-0.2, -0.15) is 0 Å². The lowest BCUT2D eigenvalue weighted by atomic mass is 10.4. The second-order valence-electron chi connectivity index (χ2n) is 5.52. The number of aromatic nitrogens is 4. The first-order valence-corrected chi connectivity index (χ1v) is 8.55. The molecule has 0 aliphatic carbocycles. The molecule has 2 heterocycles. The van der Waals surface area contributed by atoms with Crippen molar-refractivity contribution in [2.24, 2.45) is 0 Å². The topological polar surface area (TPSA) is 106 Å². The molecule has 12 heteroatoms. The molecule has 0 radical (unpaired) electrons. The van der Waals surface area contributed by atoms with Crippen LogP contribution in [0.25, 0.3) is 0 Å². The second-order valence-corrected chi connectivity index (χ2v) is 6.30. The molecule has 10 nitrogen and oxygen atoms in total. The number of rotatable bonds is 8. The third-order valence-corrected chi connectivity index (χ3v) is 4.36. The Balaban J connectivity index is 2.28. The zero-order valence-corrected chi connectivity index (χ0v) is 16.2. The van der Waals surface area contributed by atoms with Gasteiger partial charge in [0.15, 0.2) is 0 Å². The highest BCUT2D eigenvalue weighted by Gasteiger charge is 2.12. The molecule has 0 aliphatic rings. The highest BCUT2D eigenvalue weighted by molar-refractivity contribution is 6.29. The van der Waals surface area contributed by atoms with Crippen molar-refractivity contribution >= 4 is 23.2 Å². The molecule has 0 aromatic carbocycles. The summed E-state index contributed by atoms with van der Waals surface area (Å²) in [7, 11) is 2.77. The monoisotopic (exact) mass is 420 g/mol. The predicted octanol–water partition coefficient (Wildman–Crippen LogP) is -0.0617. The average molecular weight is 421 g/mol. The molecule has 0 saturated carbocycles. The van der Waals surface area contributed by atoms with Crippen LogP contribution in [-0.2, 0) is 36.0 Å². The van der Waals surface area contributed by atoms with Gasteiger partial charge in [-0.05, 0) is 6.42 Å². The van der Waals surface area contributed by atoms with Crippen molar-refractivity contribution in [1.82, 2.24) is 18.3 Å². The number of halogens is 2.